The molecule has 1 fully saturated rings. The van der Waals surface area contributed by atoms with Gasteiger partial charge in [0.25, 0.3) is 11.8 Å². The summed E-state index contributed by atoms with van der Waals surface area (Å²) in [4.78, 5) is 38.0. The van der Waals surface area contributed by atoms with Gasteiger partial charge in [0.1, 0.15) is 11.3 Å². The Balaban J connectivity index is 1.99. The molecule has 0 saturated carbocycles. The van der Waals surface area contributed by atoms with Crippen LogP contribution in [-0.4, -0.2) is 24.5 Å². The highest BCUT2D eigenvalue weighted by Gasteiger charge is 2.36. The normalized spacial score (nSPS) is 16.0. The summed E-state index contributed by atoms with van der Waals surface area (Å²) in [5.74, 6) is -0.851. The second kappa shape index (κ2) is 7.41. The molecule has 0 aromatic heterocycles. The van der Waals surface area contributed by atoms with E-state index in [1.165, 1.54) is 12.1 Å². The van der Waals surface area contributed by atoms with Gasteiger partial charge in [-0.25, -0.2) is 9.69 Å². The fourth-order valence-corrected chi connectivity index (χ4v) is 2.72. The molecule has 26 heavy (non-hydrogen) atoms. The summed E-state index contributed by atoms with van der Waals surface area (Å²) in [6.07, 6.45) is 1.42. The van der Waals surface area contributed by atoms with E-state index >= 15 is 0 Å². The molecule has 0 unspecified atom stereocenters. The number of barbiturate groups is 1. The third-order valence-corrected chi connectivity index (χ3v) is 3.88. The quantitative estimate of drug-likeness (QED) is 0.661. The Morgan fingerprint density at radius 1 is 1.12 bits per heavy atom. The Morgan fingerprint density at radius 3 is 2.62 bits per heavy atom. The van der Waals surface area contributed by atoms with Crippen molar-refractivity contribution in [1.82, 2.24) is 5.32 Å². The third-order valence-electron chi connectivity index (χ3n) is 3.65. The Bertz CT molecular complexity index is 923. The van der Waals surface area contributed by atoms with E-state index in [1.54, 1.807) is 42.5 Å². The molecule has 3 rings (SSSR count). The van der Waals surface area contributed by atoms with Gasteiger partial charge in [-0.1, -0.05) is 29.8 Å². The van der Waals surface area contributed by atoms with Crippen molar-refractivity contribution in [3.8, 4) is 5.75 Å². The van der Waals surface area contributed by atoms with Gasteiger partial charge in [-0.15, -0.1) is 0 Å². The molecule has 4 amide bonds. The van der Waals surface area contributed by atoms with Crippen LogP contribution in [0.3, 0.4) is 0 Å². The van der Waals surface area contributed by atoms with Crippen LogP contribution in [-0.2, 0) is 9.59 Å². The van der Waals surface area contributed by atoms with Crippen molar-refractivity contribution in [2.24, 2.45) is 0 Å². The van der Waals surface area contributed by atoms with Gasteiger partial charge >= 0.3 is 6.03 Å². The third kappa shape index (κ3) is 3.60. The number of hydrogen-bond donors (Lipinski definition) is 1. The van der Waals surface area contributed by atoms with Crippen molar-refractivity contribution >= 4 is 41.2 Å². The van der Waals surface area contributed by atoms with Crippen LogP contribution in [0.15, 0.2) is 54.1 Å². The van der Waals surface area contributed by atoms with Gasteiger partial charge in [0, 0.05) is 5.02 Å². The fourth-order valence-electron chi connectivity index (χ4n) is 2.53. The molecule has 0 spiro atoms. The molecular weight excluding hydrogens is 356 g/mol. The SMILES string of the molecule is CCOc1cccc(/C=C2\C(=O)NC(=O)N(c3cccc(Cl)c3)C2=O)c1. The number of rotatable bonds is 4. The van der Waals surface area contributed by atoms with Gasteiger partial charge in [0.05, 0.1) is 12.3 Å². The molecule has 1 heterocycles. The molecule has 7 heteroatoms. The summed E-state index contributed by atoms with van der Waals surface area (Å²) in [6.45, 7) is 2.36. The van der Waals surface area contributed by atoms with Gasteiger partial charge in [-0.2, -0.15) is 0 Å². The first-order chi connectivity index (χ1) is 12.5. The number of nitrogens with zero attached hydrogens (tertiary/aromatic N) is 1. The number of urea groups is 1. The summed E-state index contributed by atoms with van der Waals surface area (Å²) in [5, 5.41) is 2.54. The first kappa shape index (κ1) is 17.7. The molecule has 1 aliphatic rings. The highest BCUT2D eigenvalue weighted by atomic mass is 35.5. The van der Waals surface area contributed by atoms with E-state index in [4.69, 9.17) is 16.3 Å². The molecule has 1 N–H and O–H groups in total. The monoisotopic (exact) mass is 370 g/mol. The summed E-state index contributed by atoms with van der Waals surface area (Å²) < 4.78 is 5.42. The lowest BCUT2D eigenvalue weighted by Gasteiger charge is -2.26. The lowest BCUT2D eigenvalue weighted by atomic mass is 10.1. The zero-order valence-electron chi connectivity index (χ0n) is 13.9. The van der Waals surface area contributed by atoms with E-state index in [9.17, 15) is 14.4 Å². The molecule has 1 aliphatic heterocycles. The minimum absolute atomic E-state index is 0.154. The van der Waals surface area contributed by atoms with Crippen molar-refractivity contribution in [2.75, 3.05) is 11.5 Å². The van der Waals surface area contributed by atoms with Gasteiger partial charge < -0.3 is 4.74 Å². The topological polar surface area (TPSA) is 75.7 Å². The number of nitrogens with one attached hydrogen (secondary N) is 1. The number of ether oxygens (including phenoxy) is 1. The molecular formula is C19H15ClN2O4. The highest BCUT2D eigenvalue weighted by Crippen LogP contribution is 2.25. The number of hydrogen-bond acceptors (Lipinski definition) is 4. The maximum absolute atomic E-state index is 12.8. The van der Waals surface area contributed by atoms with E-state index in [0.29, 0.717) is 22.9 Å². The minimum Gasteiger partial charge on any atom is -0.494 e. The van der Waals surface area contributed by atoms with E-state index in [0.717, 1.165) is 4.90 Å². The number of anilines is 1. The maximum atomic E-state index is 12.8. The summed E-state index contributed by atoms with van der Waals surface area (Å²) in [5.41, 5.74) is 0.731. The average molecular weight is 371 g/mol. The number of carbonyl (C=O) groups excluding carboxylic acids is 3. The molecule has 6 nitrogen and oxygen atoms in total. The molecule has 1 saturated heterocycles. The molecule has 2 aromatic carbocycles. The standard InChI is InChI=1S/C19H15ClN2O4/c1-2-26-15-8-3-5-12(9-15)10-16-17(23)21-19(25)22(18(16)24)14-7-4-6-13(20)11-14/h3-11H,2H2,1H3,(H,21,23,25)/b16-10+. The molecule has 0 bridgehead atoms. The predicted octanol–water partition coefficient (Wildman–Crippen LogP) is 3.41. The highest BCUT2D eigenvalue weighted by molar-refractivity contribution is 6.39. The molecule has 0 radical (unpaired) electrons. The van der Waals surface area contributed by atoms with Gasteiger partial charge in [-0.05, 0) is 48.9 Å². The van der Waals surface area contributed by atoms with E-state index in [1.807, 2.05) is 6.92 Å². The van der Waals surface area contributed by atoms with Gasteiger partial charge in [0.15, 0.2) is 0 Å². The summed E-state index contributed by atoms with van der Waals surface area (Å²) in [7, 11) is 0. The Hall–Kier alpha value is -3.12. The van der Waals surface area contributed by atoms with Crippen LogP contribution >= 0.6 is 11.6 Å². The van der Waals surface area contributed by atoms with Gasteiger partial charge in [0.2, 0.25) is 0 Å². The van der Waals surface area contributed by atoms with Gasteiger partial charge in [-0.3, -0.25) is 14.9 Å². The summed E-state index contributed by atoms with van der Waals surface area (Å²) >= 11 is 5.94. The second-order valence-electron chi connectivity index (χ2n) is 5.44. The van der Waals surface area contributed by atoms with Crippen molar-refractivity contribution in [3.63, 3.8) is 0 Å². The van der Waals surface area contributed by atoms with Crippen LogP contribution in [0.1, 0.15) is 12.5 Å². The van der Waals surface area contributed by atoms with Crippen LogP contribution in [0.2, 0.25) is 5.02 Å². The Morgan fingerprint density at radius 2 is 1.88 bits per heavy atom. The smallest absolute Gasteiger partial charge is 0.335 e. The van der Waals surface area contributed by atoms with Crippen LogP contribution in [0.4, 0.5) is 10.5 Å². The first-order valence-corrected chi connectivity index (χ1v) is 8.27. The Kier molecular flexibility index (Phi) is 5.04. The lowest BCUT2D eigenvalue weighted by Crippen LogP contribution is -2.54. The lowest BCUT2D eigenvalue weighted by molar-refractivity contribution is -0.122. The Labute approximate surface area is 155 Å². The minimum atomic E-state index is -0.817. The first-order valence-electron chi connectivity index (χ1n) is 7.89. The number of halogens is 1. The largest absolute Gasteiger partial charge is 0.494 e. The number of imide groups is 2. The fraction of sp³-hybridized carbons (Fsp3) is 0.105. The molecule has 2 aromatic rings. The van der Waals surface area contributed by atoms with Crippen LogP contribution < -0.4 is 15.0 Å². The van der Waals surface area contributed by atoms with Crippen molar-refractivity contribution in [1.29, 1.82) is 0 Å². The van der Waals surface area contributed by atoms with Crippen molar-refractivity contribution in [3.05, 3.63) is 64.7 Å². The zero-order chi connectivity index (χ0) is 18.7. The average Bonchev–Trinajstić information content (AvgIpc) is 2.59. The van der Waals surface area contributed by atoms with E-state index < -0.39 is 17.8 Å². The van der Waals surface area contributed by atoms with Crippen LogP contribution in [0.5, 0.6) is 5.75 Å². The summed E-state index contributed by atoms with van der Waals surface area (Å²) in [6, 6.07) is 12.4. The zero-order valence-corrected chi connectivity index (χ0v) is 14.6. The molecule has 132 valence electrons. The van der Waals surface area contributed by atoms with E-state index in [-0.39, 0.29) is 11.3 Å². The number of carbonyl (C=O) groups is 3. The molecule has 0 atom stereocenters. The van der Waals surface area contributed by atoms with E-state index in [2.05, 4.69) is 5.32 Å². The number of benzene rings is 2. The number of amides is 4. The van der Waals surface area contributed by atoms with Crippen molar-refractivity contribution < 1.29 is 19.1 Å². The van der Waals surface area contributed by atoms with Crippen molar-refractivity contribution in [2.45, 2.75) is 6.92 Å². The van der Waals surface area contributed by atoms with Crippen LogP contribution in [0.25, 0.3) is 6.08 Å². The van der Waals surface area contributed by atoms with Crippen LogP contribution in [0, 0.1) is 0 Å². The maximum Gasteiger partial charge on any atom is 0.335 e. The molecule has 0 aliphatic carbocycles. The second-order valence-corrected chi connectivity index (χ2v) is 5.88. The predicted molar refractivity (Wildman–Crippen MR) is 98.1 cm³/mol.